The second-order valence-electron chi connectivity index (χ2n) is 7.97. The molecule has 0 unspecified atom stereocenters. The second kappa shape index (κ2) is 10.1. The fourth-order valence-electron chi connectivity index (χ4n) is 3.88. The zero-order valence-corrected chi connectivity index (χ0v) is 19.9. The van der Waals surface area contributed by atoms with Gasteiger partial charge in [0.1, 0.15) is 5.82 Å². The smallest absolute Gasteiger partial charge is 0.254 e. The summed E-state index contributed by atoms with van der Waals surface area (Å²) < 4.78 is 20.8. The van der Waals surface area contributed by atoms with Crippen molar-refractivity contribution in [1.29, 1.82) is 0 Å². The molecule has 9 heteroatoms. The van der Waals surface area contributed by atoms with Gasteiger partial charge in [-0.15, -0.1) is 0 Å². The predicted molar refractivity (Wildman–Crippen MR) is 131 cm³/mol. The van der Waals surface area contributed by atoms with Crippen molar-refractivity contribution in [2.45, 2.75) is 17.5 Å². The van der Waals surface area contributed by atoms with Gasteiger partial charge in [0, 0.05) is 35.6 Å². The van der Waals surface area contributed by atoms with Gasteiger partial charge in [-0.25, -0.2) is 9.37 Å². The number of imidazole rings is 1. The van der Waals surface area contributed by atoms with Gasteiger partial charge in [-0.3, -0.25) is 9.78 Å². The van der Waals surface area contributed by atoms with Crippen molar-refractivity contribution in [1.82, 2.24) is 19.4 Å². The highest BCUT2D eigenvalue weighted by Crippen LogP contribution is 2.30. The molecule has 1 aliphatic rings. The van der Waals surface area contributed by atoms with Crippen LogP contribution in [0.15, 0.2) is 66.1 Å². The number of hydrogen-bond acceptors (Lipinski definition) is 5. The van der Waals surface area contributed by atoms with Gasteiger partial charge in [-0.1, -0.05) is 41.6 Å². The summed E-state index contributed by atoms with van der Waals surface area (Å²) in [5, 5.41) is 1.22. The Bertz CT molecular complexity index is 1320. The van der Waals surface area contributed by atoms with Gasteiger partial charge in [-0.2, -0.15) is 0 Å². The fourth-order valence-corrected chi connectivity index (χ4v) is 5.21. The number of morpholine rings is 1. The zero-order valence-electron chi connectivity index (χ0n) is 18.3. The van der Waals surface area contributed by atoms with Gasteiger partial charge >= 0.3 is 0 Å². The van der Waals surface area contributed by atoms with Crippen LogP contribution in [0.2, 0.25) is 5.02 Å². The first-order valence-electron chi connectivity index (χ1n) is 10.9. The molecule has 0 N–H and O–H groups in total. The number of thioether (sulfide) groups is 1. The van der Waals surface area contributed by atoms with Gasteiger partial charge in [0.25, 0.3) is 5.91 Å². The van der Waals surface area contributed by atoms with Gasteiger partial charge in [-0.05, 0) is 41.5 Å². The van der Waals surface area contributed by atoms with Crippen LogP contribution in [-0.2, 0) is 17.0 Å². The molecule has 0 bridgehead atoms. The van der Waals surface area contributed by atoms with E-state index in [1.807, 2.05) is 35.2 Å². The molecule has 5 rings (SSSR count). The minimum absolute atomic E-state index is 0.0274. The number of halogens is 2. The molecule has 1 aliphatic heterocycles. The highest BCUT2D eigenvalue weighted by atomic mass is 35.5. The fraction of sp³-hybridized carbons (Fsp3) is 0.240. The van der Waals surface area contributed by atoms with E-state index in [2.05, 4.69) is 9.55 Å². The molecule has 2 aromatic carbocycles. The monoisotopic (exact) mass is 496 g/mol. The summed E-state index contributed by atoms with van der Waals surface area (Å²) in [7, 11) is 0. The molecule has 0 radical (unpaired) electrons. The minimum Gasteiger partial charge on any atom is -0.378 e. The molecule has 0 spiro atoms. The number of hydrogen-bond donors (Lipinski definition) is 0. The molecule has 34 heavy (non-hydrogen) atoms. The Morgan fingerprint density at radius 2 is 1.91 bits per heavy atom. The van der Waals surface area contributed by atoms with E-state index >= 15 is 0 Å². The maximum absolute atomic E-state index is 13.4. The molecule has 4 aromatic rings. The third-order valence-electron chi connectivity index (χ3n) is 5.73. The predicted octanol–water partition coefficient (Wildman–Crippen LogP) is 5.04. The molecule has 6 nitrogen and oxygen atoms in total. The van der Waals surface area contributed by atoms with Crippen LogP contribution in [0, 0.1) is 5.82 Å². The third kappa shape index (κ3) is 4.94. The van der Waals surface area contributed by atoms with Crippen LogP contribution < -0.4 is 0 Å². The third-order valence-corrected chi connectivity index (χ3v) is 7.10. The highest BCUT2D eigenvalue weighted by molar-refractivity contribution is 7.98. The Balaban J connectivity index is 1.37. The van der Waals surface area contributed by atoms with E-state index in [0.29, 0.717) is 49.2 Å². The molecule has 1 amide bonds. The molecule has 1 fully saturated rings. The van der Waals surface area contributed by atoms with Crippen molar-refractivity contribution in [3.05, 3.63) is 88.5 Å². The maximum Gasteiger partial charge on any atom is 0.254 e. The number of carbonyl (C=O) groups is 1. The Labute approximate surface area is 205 Å². The lowest BCUT2D eigenvalue weighted by molar-refractivity contribution is 0.0303. The first kappa shape index (κ1) is 22.8. The molecule has 174 valence electrons. The summed E-state index contributed by atoms with van der Waals surface area (Å²) in [4.78, 5) is 23.6. The van der Waals surface area contributed by atoms with E-state index < -0.39 is 0 Å². The summed E-state index contributed by atoms with van der Waals surface area (Å²) in [5.41, 5.74) is 4.33. The SMILES string of the molecule is O=C(c1ccc(Cn2c(SCc3ccc(F)cc3Cl)nc3ccncc32)cc1)N1CCOCC1. The number of nitrogens with zero attached hydrogens (tertiary/aromatic N) is 4. The van der Waals surface area contributed by atoms with Crippen LogP contribution in [0.1, 0.15) is 21.5 Å². The molecule has 0 atom stereocenters. The van der Waals surface area contributed by atoms with E-state index in [-0.39, 0.29) is 11.7 Å². The Kier molecular flexibility index (Phi) is 6.80. The zero-order chi connectivity index (χ0) is 23.5. The standard InChI is InChI=1S/C25H22ClFN4O2S/c26-21-13-20(27)6-5-19(21)16-34-25-29-22-7-8-28-14-23(22)31(25)15-17-1-3-18(4-2-17)24(32)30-9-11-33-12-10-30/h1-8,13-14H,9-12,15-16H2. The molecule has 0 aliphatic carbocycles. The van der Waals surface area contributed by atoms with E-state index in [4.69, 9.17) is 21.3 Å². The van der Waals surface area contributed by atoms with Gasteiger partial charge in [0.05, 0.1) is 37.0 Å². The first-order chi connectivity index (χ1) is 16.6. The number of benzene rings is 2. The summed E-state index contributed by atoms with van der Waals surface area (Å²) >= 11 is 7.75. The molecule has 1 saturated heterocycles. The van der Waals surface area contributed by atoms with Crippen molar-refractivity contribution in [3.63, 3.8) is 0 Å². The Morgan fingerprint density at radius 3 is 2.68 bits per heavy atom. The van der Waals surface area contributed by atoms with E-state index in [0.717, 1.165) is 27.3 Å². The number of ether oxygens (including phenoxy) is 1. The summed E-state index contributed by atoms with van der Waals surface area (Å²) in [5.74, 6) is 0.232. The van der Waals surface area contributed by atoms with Crippen molar-refractivity contribution in [2.75, 3.05) is 26.3 Å². The lowest BCUT2D eigenvalue weighted by Crippen LogP contribution is -2.40. The normalized spacial score (nSPS) is 14.0. The average molecular weight is 497 g/mol. The maximum atomic E-state index is 13.4. The van der Waals surface area contributed by atoms with Gasteiger partial charge < -0.3 is 14.2 Å². The van der Waals surface area contributed by atoms with Crippen molar-refractivity contribution < 1.29 is 13.9 Å². The number of rotatable bonds is 6. The van der Waals surface area contributed by atoms with Gasteiger partial charge in [0.2, 0.25) is 0 Å². The lowest BCUT2D eigenvalue weighted by atomic mass is 10.1. The second-order valence-corrected chi connectivity index (χ2v) is 9.32. The molecular formula is C25H22ClFN4O2S. The van der Waals surface area contributed by atoms with Crippen LogP contribution in [0.5, 0.6) is 0 Å². The van der Waals surface area contributed by atoms with Crippen molar-refractivity contribution >= 4 is 40.3 Å². The topological polar surface area (TPSA) is 60.2 Å². The Hall–Kier alpha value is -2.94. The average Bonchev–Trinajstić information content (AvgIpc) is 3.21. The minimum atomic E-state index is -0.354. The summed E-state index contributed by atoms with van der Waals surface area (Å²) in [6.07, 6.45) is 3.52. The summed E-state index contributed by atoms with van der Waals surface area (Å²) in [6.45, 7) is 2.97. The van der Waals surface area contributed by atoms with E-state index in [9.17, 15) is 9.18 Å². The Morgan fingerprint density at radius 1 is 1.12 bits per heavy atom. The molecule has 0 saturated carbocycles. The number of carbonyl (C=O) groups excluding carboxylic acids is 1. The summed E-state index contributed by atoms with van der Waals surface area (Å²) in [6, 6.07) is 14.0. The van der Waals surface area contributed by atoms with Crippen LogP contribution in [-0.4, -0.2) is 51.6 Å². The number of aromatic nitrogens is 3. The number of fused-ring (bicyclic) bond motifs is 1. The van der Waals surface area contributed by atoms with E-state index in [1.54, 1.807) is 18.5 Å². The van der Waals surface area contributed by atoms with Crippen LogP contribution in [0.4, 0.5) is 4.39 Å². The quantitative estimate of drug-likeness (QED) is 0.350. The highest BCUT2D eigenvalue weighted by Gasteiger charge is 2.19. The van der Waals surface area contributed by atoms with Gasteiger partial charge in [0.15, 0.2) is 5.16 Å². The van der Waals surface area contributed by atoms with Crippen molar-refractivity contribution in [3.8, 4) is 0 Å². The van der Waals surface area contributed by atoms with Crippen LogP contribution >= 0.6 is 23.4 Å². The van der Waals surface area contributed by atoms with Crippen LogP contribution in [0.3, 0.4) is 0 Å². The molecule has 3 heterocycles. The molecule has 2 aromatic heterocycles. The molecular weight excluding hydrogens is 475 g/mol. The number of amides is 1. The van der Waals surface area contributed by atoms with Crippen LogP contribution in [0.25, 0.3) is 11.0 Å². The first-order valence-corrected chi connectivity index (χ1v) is 12.3. The van der Waals surface area contributed by atoms with E-state index in [1.165, 1.54) is 23.9 Å². The largest absolute Gasteiger partial charge is 0.378 e. The number of pyridine rings is 1. The lowest BCUT2D eigenvalue weighted by Gasteiger charge is -2.26. The van der Waals surface area contributed by atoms with Crippen molar-refractivity contribution in [2.24, 2.45) is 0 Å².